The summed E-state index contributed by atoms with van der Waals surface area (Å²) in [6.45, 7) is 6.98. The van der Waals surface area contributed by atoms with E-state index in [0.29, 0.717) is 12.5 Å². The summed E-state index contributed by atoms with van der Waals surface area (Å²) >= 11 is 0. The van der Waals surface area contributed by atoms with Gasteiger partial charge in [0.15, 0.2) is 0 Å². The highest BCUT2D eigenvalue weighted by Crippen LogP contribution is 2.08. The van der Waals surface area contributed by atoms with Crippen molar-refractivity contribution in [1.29, 1.82) is 0 Å². The number of amides is 2. The third kappa shape index (κ3) is 3.53. The second kappa shape index (κ2) is 5.14. The third-order valence-electron chi connectivity index (χ3n) is 2.60. The zero-order valence-corrected chi connectivity index (χ0v) is 9.75. The highest BCUT2D eigenvalue weighted by molar-refractivity contribution is 5.94. The summed E-state index contributed by atoms with van der Waals surface area (Å²) in [5.41, 5.74) is 0. The van der Waals surface area contributed by atoms with Crippen LogP contribution >= 0.6 is 0 Å². The number of carbonyl (C=O) groups excluding carboxylic acids is 2. The summed E-state index contributed by atoms with van der Waals surface area (Å²) < 4.78 is 0. The molecule has 1 aliphatic rings. The molecule has 1 heterocycles. The zero-order chi connectivity index (χ0) is 11.4. The SMILES string of the molecule is CC(C)CCCN1CC(=O)NC(C)C1=O. The van der Waals surface area contributed by atoms with Crippen molar-refractivity contribution in [3.05, 3.63) is 0 Å². The maximum atomic E-state index is 11.7. The molecule has 1 unspecified atom stereocenters. The number of carbonyl (C=O) groups is 2. The zero-order valence-electron chi connectivity index (χ0n) is 9.75. The topological polar surface area (TPSA) is 49.4 Å². The van der Waals surface area contributed by atoms with Crippen molar-refractivity contribution >= 4 is 11.8 Å². The highest BCUT2D eigenvalue weighted by Gasteiger charge is 2.28. The van der Waals surface area contributed by atoms with Crippen molar-refractivity contribution < 1.29 is 9.59 Å². The van der Waals surface area contributed by atoms with Gasteiger partial charge in [-0.3, -0.25) is 9.59 Å². The normalized spacial score (nSPS) is 22.1. The molecule has 0 saturated carbocycles. The van der Waals surface area contributed by atoms with Crippen LogP contribution in [-0.4, -0.2) is 35.8 Å². The van der Waals surface area contributed by atoms with Gasteiger partial charge in [0.1, 0.15) is 6.04 Å². The summed E-state index contributed by atoms with van der Waals surface area (Å²) in [7, 11) is 0. The van der Waals surface area contributed by atoms with Crippen LogP contribution in [0.15, 0.2) is 0 Å². The van der Waals surface area contributed by atoms with Gasteiger partial charge in [0.2, 0.25) is 11.8 Å². The van der Waals surface area contributed by atoms with Crippen LogP contribution in [-0.2, 0) is 9.59 Å². The number of nitrogens with one attached hydrogen (secondary N) is 1. The maximum absolute atomic E-state index is 11.7. The summed E-state index contributed by atoms with van der Waals surface area (Å²) in [5.74, 6) is 0.640. The number of piperazine rings is 1. The second-order valence-corrected chi connectivity index (χ2v) is 4.59. The van der Waals surface area contributed by atoms with Crippen LogP contribution in [0.1, 0.15) is 33.6 Å². The fourth-order valence-electron chi connectivity index (χ4n) is 1.75. The van der Waals surface area contributed by atoms with Crippen molar-refractivity contribution in [2.24, 2.45) is 5.92 Å². The van der Waals surface area contributed by atoms with Crippen LogP contribution in [0.2, 0.25) is 0 Å². The third-order valence-corrected chi connectivity index (χ3v) is 2.60. The molecule has 2 amide bonds. The second-order valence-electron chi connectivity index (χ2n) is 4.59. The summed E-state index contributed by atoms with van der Waals surface area (Å²) in [4.78, 5) is 24.5. The molecule has 0 aliphatic carbocycles. The summed E-state index contributed by atoms with van der Waals surface area (Å²) in [5, 5.41) is 2.63. The molecular formula is C11H20N2O2. The van der Waals surface area contributed by atoms with Gasteiger partial charge in [-0.2, -0.15) is 0 Å². The smallest absolute Gasteiger partial charge is 0.245 e. The fraction of sp³-hybridized carbons (Fsp3) is 0.818. The molecule has 1 saturated heterocycles. The van der Waals surface area contributed by atoms with E-state index in [1.165, 1.54) is 0 Å². The van der Waals surface area contributed by atoms with E-state index >= 15 is 0 Å². The van der Waals surface area contributed by atoms with Crippen LogP contribution in [0.4, 0.5) is 0 Å². The Morgan fingerprint density at radius 1 is 1.47 bits per heavy atom. The van der Waals surface area contributed by atoms with Crippen LogP contribution in [0.25, 0.3) is 0 Å². The molecule has 0 aromatic heterocycles. The first kappa shape index (κ1) is 12.0. The van der Waals surface area contributed by atoms with Gasteiger partial charge >= 0.3 is 0 Å². The Bertz CT molecular complexity index is 251. The van der Waals surface area contributed by atoms with Crippen molar-refractivity contribution in [2.75, 3.05) is 13.1 Å². The summed E-state index contributed by atoms with van der Waals surface area (Å²) in [6, 6.07) is -0.356. The molecule has 1 atom stereocenters. The first-order valence-corrected chi connectivity index (χ1v) is 5.59. The van der Waals surface area contributed by atoms with Gasteiger partial charge < -0.3 is 10.2 Å². The molecule has 1 N–H and O–H groups in total. The van der Waals surface area contributed by atoms with Gasteiger partial charge in [0.05, 0.1) is 6.54 Å². The van der Waals surface area contributed by atoms with E-state index in [2.05, 4.69) is 19.2 Å². The van der Waals surface area contributed by atoms with Crippen LogP contribution < -0.4 is 5.32 Å². The molecule has 0 aromatic rings. The molecule has 1 fully saturated rings. The van der Waals surface area contributed by atoms with E-state index in [0.717, 1.165) is 12.8 Å². The molecule has 0 spiro atoms. The van der Waals surface area contributed by atoms with Gasteiger partial charge in [-0.15, -0.1) is 0 Å². The molecule has 1 aliphatic heterocycles. The van der Waals surface area contributed by atoms with Crippen LogP contribution in [0.5, 0.6) is 0 Å². The lowest BCUT2D eigenvalue weighted by molar-refractivity contribution is -0.143. The van der Waals surface area contributed by atoms with Crippen molar-refractivity contribution in [1.82, 2.24) is 10.2 Å². The lowest BCUT2D eigenvalue weighted by Gasteiger charge is -2.30. The molecule has 86 valence electrons. The van der Waals surface area contributed by atoms with E-state index in [1.54, 1.807) is 11.8 Å². The molecular weight excluding hydrogens is 192 g/mol. The minimum atomic E-state index is -0.356. The van der Waals surface area contributed by atoms with E-state index in [9.17, 15) is 9.59 Å². The number of nitrogens with zero attached hydrogens (tertiary/aromatic N) is 1. The van der Waals surface area contributed by atoms with Crippen LogP contribution in [0.3, 0.4) is 0 Å². The van der Waals surface area contributed by atoms with Gasteiger partial charge in [0.25, 0.3) is 0 Å². The quantitative estimate of drug-likeness (QED) is 0.748. The predicted molar refractivity (Wildman–Crippen MR) is 58.3 cm³/mol. The lowest BCUT2D eigenvalue weighted by Crippen LogP contribution is -2.56. The van der Waals surface area contributed by atoms with Crippen molar-refractivity contribution in [3.8, 4) is 0 Å². The Kier molecular flexibility index (Phi) is 4.12. The summed E-state index contributed by atoms with van der Waals surface area (Å²) in [6.07, 6.45) is 2.07. The predicted octanol–water partition coefficient (Wildman–Crippen LogP) is 0.769. The molecule has 0 aromatic carbocycles. The van der Waals surface area contributed by atoms with E-state index in [4.69, 9.17) is 0 Å². The molecule has 15 heavy (non-hydrogen) atoms. The Balaban J connectivity index is 2.39. The van der Waals surface area contributed by atoms with Gasteiger partial charge in [-0.25, -0.2) is 0 Å². The minimum absolute atomic E-state index is 0.0401. The fourth-order valence-corrected chi connectivity index (χ4v) is 1.75. The largest absolute Gasteiger partial charge is 0.343 e. The van der Waals surface area contributed by atoms with E-state index in [1.807, 2.05) is 0 Å². The van der Waals surface area contributed by atoms with Crippen LogP contribution in [0, 0.1) is 5.92 Å². The number of hydrogen-bond donors (Lipinski definition) is 1. The molecule has 4 heteroatoms. The molecule has 1 rings (SSSR count). The van der Waals surface area contributed by atoms with Crippen molar-refractivity contribution in [3.63, 3.8) is 0 Å². The standard InChI is InChI=1S/C11H20N2O2/c1-8(2)5-4-6-13-7-10(14)12-9(3)11(13)15/h8-9H,4-7H2,1-3H3,(H,12,14). The first-order valence-electron chi connectivity index (χ1n) is 5.59. The molecule has 4 nitrogen and oxygen atoms in total. The average Bonchev–Trinajstić information content (AvgIpc) is 2.12. The highest BCUT2D eigenvalue weighted by atomic mass is 16.2. The Hall–Kier alpha value is -1.06. The van der Waals surface area contributed by atoms with Gasteiger partial charge in [-0.05, 0) is 25.7 Å². The molecule has 0 radical (unpaired) electrons. The molecule has 0 bridgehead atoms. The number of hydrogen-bond acceptors (Lipinski definition) is 2. The maximum Gasteiger partial charge on any atom is 0.245 e. The average molecular weight is 212 g/mol. The van der Waals surface area contributed by atoms with E-state index < -0.39 is 0 Å². The lowest BCUT2D eigenvalue weighted by atomic mass is 10.1. The van der Waals surface area contributed by atoms with Gasteiger partial charge in [0, 0.05) is 6.54 Å². The van der Waals surface area contributed by atoms with Gasteiger partial charge in [-0.1, -0.05) is 13.8 Å². The minimum Gasteiger partial charge on any atom is -0.343 e. The number of rotatable bonds is 4. The Labute approximate surface area is 91.0 Å². The first-order chi connectivity index (χ1) is 7.00. The Morgan fingerprint density at radius 2 is 2.13 bits per heavy atom. The van der Waals surface area contributed by atoms with Crippen molar-refractivity contribution in [2.45, 2.75) is 39.7 Å². The monoisotopic (exact) mass is 212 g/mol. The Morgan fingerprint density at radius 3 is 2.73 bits per heavy atom. The van der Waals surface area contributed by atoms with E-state index in [-0.39, 0.29) is 24.4 Å².